The number of hydrogen-bond acceptors (Lipinski definition) is 5. The summed E-state index contributed by atoms with van der Waals surface area (Å²) in [7, 11) is -2.44. The fourth-order valence-corrected chi connectivity index (χ4v) is 3.45. The fraction of sp³-hybridized carbons (Fsp3) is 0.211. The van der Waals surface area contributed by atoms with Gasteiger partial charge < -0.3 is 9.47 Å². The quantitative estimate of drug-likeness (QED) is 0.650. The Labute approximate surface area is 158 Å². The molecule has 2 aromatic rings. The first kappa shape index (κ1) is 19.8. The number of rotatable bonds is 7. The third kappa shape index (κ3) is 4.57. The molecule has 2 rings (SSSR count). The third-order valence-corrected chi connectivity index (χ3v) is 5.40. The van der Waals surface area contributed by atoms with Crippen LogP contribution in [0.4, 0.5) is 0 Å². The minimum absolute atomic E-state index is 0.00423. The van der Waals surface area contributed by atoms with Crippen molar-refractivity contribution in [2.75, 3.05) is 13.7 Å². The van der Waals surface area contributed by atoms with Gasteiger partial charge in [-0.2, -0.15) is 5.26 Å². The van der Waals surface area contributed by atoms with E-state index in [2.05, 4.69) is 0 Å². The lowest BCUT2D eigenvalue weighted by Crippen LogP contribution is -2.03. The summed E-state index contributed by atoms with van der Waals surface area (Å²) in [6.07, 6.45) is 2.15. The number of benzene rings is 2. The van der Waals surface area contributed by atoms with E-state index in [0.717, 1.165) is 6.42 Å². The first-order valence-corrected chi connectivity index (χ1v) is 9.71. The lowest BCUT2D eigenvalue weighted by atomic mass is 10.2. The van der Waals surface area contributed by atoms with Gasteiger partial charge in [-0.15, -0.1) is 0 Å². The monoisotopic (exact) mass is 391 g/mol. The van der Waals surface area contributed by atoms with Crippen molar-refractivity contribution in [3.63, 3.8) is 0 Å². The first-order valence-electron chi connectivity index (χ1n) is 7.85. The largest absolute Gasteiger partial charge is 0.493 e. The molecule has 0 bridgehead atoms. The SMILES string of the molecule is CCCOc1ccc(C=C(C#N)S(=O)(=O)c2ccc(Cl)cc2)cc1OC. The molecule has 0 unspecified atom stereocenters. The van der Waals surface area contributed by atoms with Crippen LogP contribution in [-0.2, 0) is 9.84 Å². The molecule has 26 heavy (non-hydrogen) atoms. The molecule has 0 N–H and O–H groups in total. The molecule has 0 spiro atoms. The Hall–Kier alpha value is -2.49. The van der Waals surface area contributed by atoms with Crippen LogP contribution >= 0.6 is 11.6 Å². The maximum Gasteiger partial charge on any atom is 0.216 e. The van der Waals surface area contributed by atoms with Crippen LogP contribution in [0.15, 0.2) is 52.3 Å². The van der Waals surface area contributed by atoms with Gasteiger partial charge in [-0.05, 0) is 54.5 Å². The fourth-order valence-electron chi connectivity index (χ4n) is 2.17. The highest BCUT2D eigenvalue weighted by Gasteiger charge is 2.21. The average molecular weight is 392 g/mol. The highest BCUT2D eigenvalue weighted by atomic mass is 35.5. The predicted octanol–water partition coefficient (Wildman–Crippen LogP) is 4.48. The molecule has 5 nitrogen and oxygen atoms in total. The van der Waals surface area contributed by atoms with Gasteiger partial charge in [-0.1, -0.05) is 24.6 Å². The van der Waals surface area contributed by atoms with Crippen LogP contribution in [0.1, 0.15) is 18.9 Å². The second kappa shape index (κ2) is 8.75. The van der Waals surface area contributed by atoms with Crippen LogP contribution < -0.4 is 9.47 Å². The Morgan fingerprint density at radius 3 is 2.46 bits per heavy atom. The Balaban J connectivity index is 2.42. The van der Waals surface area contributed by atoms with Crippen molar-refractivity contribution in [3.8, 4) is 17.6 Å². The second-order valence-electron chi connectivity index (χ2n) is 5.34. The number of methoxy groups -OCH3 is 1. The molecule has 0 heterocycles. The van der Waals surface area contributed by atoms with E-state index in [1.807, 2.05) is 6.92 Å². The zero-order valence-corrected chi connectivity index (χ0v) is 16.0. The van der Waals surface area contributed by atoms with E-state index in [9.17, 15) is 13.7 Å². The molecule has 0 amide bonds. The summed E-state index contributed by atoms with van der Waals surface area (Å²) in [5.74, 6) is 1.03. The molecule has 0 aromatic heterocycles. The van der Waals surface area contributed by atoms with Crippen LogP contribution in [0.2, 0.25) is 5.02 Å². The molecular weight excluding hydrogens is 374 g/mol. The summed E-state index contributed by atoms with van der Waals surface area (Å²) >= 11 is 5.79. The molecule has 0 radical (unpaired) electrons. The van der Waals surface area contributed by atoms with E-state index < -0.39 is 9.84 Å². The van der Waals surface area contributed by atoms with Gasteiger partial charge in [0.25, 0.3) is 0 Å². The summed E-state index contributed by atoms with van der Waals surface area (Å²) in [6, 6.07) is 12.4. The predicted molar refractivity (Wildman–Crippen MR) is 101 cm³/mol. The van der Waals surface area contributed by atoms with Crippen LogP contribution in [0, 0.1) is 11.3 Å². The normalized spacial score (nSPS) is 11.7. The van der Waals surface area contributed by atoms with Crippen molar-refractivity contribution >= 4 is 27.5 Å². The molecule has 0 aliphatic heterocycles. The van der Waals surface area contributed by atoms with Gasteiger partial charge in [0.05, 0.1) is 18.6 Å². The number of allylic oxidation sites excluding steroid dienone is 1. The van der Waals surface area contributed by atoms with E-state index in [-0.39, 0.29) is 9.80 Å². The van der Waals surface area contributed by atoms with Crippen molar-refractivity contribution in [3.05, 3.63) is 58.0 Å². The first-order chi connectivity index (χ1) is 12.4. The van der Waals surface area contributed by atoms with Gasteiger partial charge in [0.15, 0.2) is 11.5 Å². The van der Waals surface area contributed by atoms with E-state index in [0.29, 0.717) is 28.7 Å². The zero-order chi connectivity index (χ0) is 19.2. The second-order valence-corrected chi connectivity index (χ2v) is 7.69. The maximum absolute atomic E-state index is 12.7. The Morgan fingerprint density at radius 1 is 1.19 bits per heavy atom. The van der Waals surface area contributed by atoms with Gasteiger partial charge in [-0.25, -0.2) is 8.42 Å². The van der Waals surface area contributed by atoms with Gasteiger partial charge >= 0.3 is 0 Å². The number of ether oxygens (including phenoxy) is 2. The van der Waals surface area contributed by atoms with E-state index >= 15 is 0 Å². The van der Waals surface area contributed by atoms with Crippen LogP contribution in [0.3, 0.4) is 0 Å². The highest BCUT2D eigenvalue weighted by Crippen LogP contribution is 2.30. The third-order valence-electron chi connectivity index (χ3n) is 3.47. The standard InChI is InChI=1S/C19H18ClNO4S/c1-3-10-25-18-9-4-14(12-19(18)24-2)11-17(13-21)26(22,23)16-7-5-15(20)6-8-16/h4-9,11-12H,3,10H2,1-2H3. The molecule has 0 atom stereocenters. The van der Waals surface area contributed by atoms with E-state index in [1.165, 1.54) is 37.5 Å². The Bertz CT molecular complexity index is 944. The number of nitrogens with zero attached hydrogens (tertiary/aromatic N) is 1. The molecule has 0 saturated carbocycles. The number of hydrogen-bond donors (Lipinski definition) is 0. The van der Waals surface area contributed by atoms with Crippen molar-refractivity contribution < 1.29 is 17.9 Å². The minimum atomic E-state index is -3.94. The van der Waals surface area contributed by atoms with Crippen LogP contribution in [-0.4, -0.2) is 22.1 Å². The maximum atomic E-state index is 12.7. The van der Waals surface area contributed by atoms with Crippen molar-refractivity contribution in [2.45, 2.75) is 18.2 Å². The van der Waals surface area contributed by atoms with Crippen LogP contribution in [0.25, 0.3) is 6.08 Å². The molecule has 2 aromatic carbocycles. The number of nitriles is 1. The molecule has 0 fully saturated rings. The summed E-state index contributed by atoms with van der Waals surface area (Å²) in [4.78, 5) is -0.367. The topological polar surface area (TPSA) is 76.4 Å². The van der Waals surface area contributed by atoms with Gasteiger partial charge in [-0.3, -0.25) is 0 Å². The summed E-state index contributed by atoms with van der Waals surface area (Å²) in [5, 5.41) is 9.77. The molecular formula is C19H18ClNO4S. The lowest BCUT2D eigenvalue weighted by molar-refractivity contribution is 0.294. The zero-order valence-electron chi connectivity index (χ0n) is 14.4. The minimum Gasteiger partial charge on any atom is -0.493 e. The summed E-state index contributed by atoms with van der Waals surface area (Å²) in [5.41, 5.74) is 0.514. The Morgan fingerprint density at radius 2 is 1.88 bits per heavy atom. The average Bonchev–Trinajstić information content (AvgIpc) is 2.64. The van der Waals surface area contributed by atoms with Gasteiger partial charge in [0.1, 0.15) is 11.0 Å². The molecule has 0 aliphatic carbocycles. The van der Waals surface area contributed by atoms with Crippen LogP contribution in [0.5, 0.6) is 11.5 Å². The summed E-state index contributed by atoms with van der Waals surface area (Å²) < 4.78 is 36.2. The molecule has 0 aliphatic rings. The van der Waals surface area contributed by atoms with Gasteiger partial charge in [0, 0.05) is 5.02 Å². The Kier molecular flexibility index (Phi) is 6.67. The smallest absolute Gasteiger partial charge is 0.216 e. The summed E-state index contributed by atoms with van der Waals surface area (Å²) in [6.45, 7) is 2.53. The highest BCUT2D eigenvalue weighted by molar-refractivity contribution is 7.95. The molecule has 0 saturated heterocycles. The van der Waals surface area contributed by atoms with E-state index in [1.54, 1.807) is 24.3 Å². The number of sulfone groups is 1. The van der Waals surface area contributed by atoms with Crippen molar-refractivity contribution in [2.24, 2.45) is 0 Å². The van der Waals surface area contributed by atoms with Crippen molar-refractivity contribution in [1.29, 1.82) is 5.26 Å². The van der Waals surface area contributed by atoms with Gasteiger partial charge in [0.2, 0.25) is 9.84 Å². The molecule has 7 heteroatoms. The molecule has 136 valence electrons. The lowest BCUT2D eigenvalue weighted by Gasteiger charge is -2.10. The van der Waals surface area contributed by atoms with Crippen molar-refractivity contribution in [1.82, 2.24) is 0 Å². The number of halogens is 1. The van der Waals surface area contributed by atoms with E-state index in [4.69, 9.17) is 21.1 Å².